The van der Waals surface area contributed by atoms with Crippen LogP contribution in [-0.4, -0.2) is 24.7 Å². The summed E-state index contributed by atoms with van der Waals surface area (Å²) in [5.41, 5.74) is 6.48. The minimum Gasteiger partial charge on any atom is -0.384 e. The summed E-state index contributed by atoms with van der Waals surface area (Å²) in [5, 5.41) is 3.25. The number of aromatic nitrogens is 1. The summed E-state index contributed by atoms with van der Waals surface area (Å²) in [5.74, 6) is 0.548. The van der Waals surface area contributed by atoms with Gasteiger partial charge >= 0.3 is 0 Å². The molecule has 0 amide bonds. The summed E-state index contributed by atoms with van der Waals surface area (Å²) in [7, 11) is 0. The molecule has 0 aliphatic heterocycles. The number of ether oxygens (including phenoxy) is 1. The van der Waals surface area contributed by atoms with E-state index in [0.29, 0.717) is 5.82 Å². The Bertz CT molecular complexity index is 261. The van der Waals surface area contributed by atoms with Crippen LogP contribution in [0.5, 0.6) is 0 Å². The predicted molar refractivity (Wildman–Crippen MR) is 62.9 cm³/mol. The van der Waals surface area contributed by atoms with Crippen molar-refractivity contribution in [2.75, 3.05) is 30.8 Å². The maximum atomic E-state index is 5.48. The van der Waals surface area contributed by atoms with Gasteiger partial charge in [0.05, 0.1) is 11.9 Å². The highest BCUT2D eigenvalue weighted by atomic mass is 16.5. The number of nitrogens with two attached hydrogens (primary N) is 1. The predicted octanol–water partition coefficient (Wildman–Crippen LogP) is 1.89. The van der Waals surface area contributed by atoms with Gasteiger partial charge in [-0.3, -0.25) is 0 Å². The second-order valence-electron chi connectivity index (χ2n) is 3.36. The fraction of sp³-hybridized carbons (Fsp3) is 0.545. The molecule has 1 heterocycles. The van der Waals surface area contributed by atoms with Gasteiger partial charge < -0.3 is 15.8 Å². The van der Waals surface area contributed by atoms with Crippen molar-refractivity contribution in [2.45, 2.75) is 19.8 Å². The Balaban J connectivity index is 2.07. The Labute approximate surface area is 90.8 Å². The van der Waals surface area contributed by atoms with Gasteiger partial charge in [-0.2, -0.15) is 0 Å². The molecule has 0 aliphatic rings. The second kappa shape index (κ2) is 7.06. The van der Waals surface area contributed by atoms with Gasteiger partial charge in [0.25, 0.3) is 0 Å². The van der Waals surface area contributed by atoms with Gasteiger partial charge in [-0.1, -0.05) is 6.92 Å². The molecule has 0 atom stereocenters. The van der Waals surface area contributed by atoms with Crippen LogP contribution >= 0.6 is 0 Å². The number of pyridine rings is 1. The van der Waals surface area contributed by atoms with E-state index in [1.54, 1.807) is 12.3 Å². The third-order valence-electron chi connectivity index (χ3n) is 1.93. The molecule has 1 aromatic rings. The highest BCUT2D eigenvalue weighted by molar-refractivity contribution is 5.45. The van der Waals surface area contributed by atoms with Crippen LogP contribution in [0.1, 0.15) is 19.8 Å². The van der Waals surface area contributed by atoms with E-state index in [4.69, 9.17) is 10.5 Å². The van der Waals surface area contributed by atoms with E-state index in [2.05, 4.69) is 17.2 Å². The summed E-state index contributed by atoms with van der Waals surface area (Å²) in [6.45, 7) is 4.67. The molecule has 84 valence electrons. The lowest BCUT2D eigenvalue weighted by molar-refractivity contribution is 0.134. The molecule has 15 heavy (non-hydrogen) atoms. The minimum absolute atomic E-state index is 0.548. The van der Waals surface area contributed by atoms with Crippen molar-refractivity contribution in [1.29, 1.82) is 0 Å². The van der Waals surface area contributed by atoms with Crippen LogP contribution in [-0.2, 0) is 4.74 Å². The lowest BCUT2D eigenvalue weighted by atomic mass is 10.3. The molecule has 4 heteroatoms. The third kappa shape index (κ3) is 5.22. The lowest BCUT2D eigenvalue weighted by Gasteiger charge is -2.06. The van der Waals surface area contributed by atoms with E-state index >= 15 is 0 Å². The molecular weight excluding hydrogens is 190 g/mol. The van der Waals surface area contributed by atoms with Crippen LogP contribution < -0.4 is 11.1 Å². The molecular formula is C11H19N3O. The fourth-order valence-electron chi connectivity index (χ4n) is 1.16. The first-order valence-corrected chi connectivity index (χ1v) is 5.36. The molecule has 3 N–H and O–H groups in total. The smallest absolute Gasteiger partial charge is 0.123 e. The van der Waals surface area contributed by atoms with Gasteiger partial charge in [-0.05, 0) is 25.0 Å². The van der Waals surface area contributed by atoms with E-state index in [1.807, 2.05) is 6.07 Å². The number of nitrogens with one attached hydrogen (secondary N) is 1. The summed E-state index contributed by atoms with van der Waals surface area (Å²) in [6.07, 6.45) is 3.82. The molecule has 0 bridgehead atoms. The van der Waals surface area contributed by atoms with E-state index in [9.17, 15) is 0 Å². The van der Waals surface area contributed by atoms with Crippen LogP contribution in [0.15, 0.2) is 18.3 Å². The SMILES string of the molecule is CCCOCCCNc1ccc(N)nc1. The molecule has 0 saturated carbocycles. The first-order valence-electron chi connectivity index (χ1n) is 5.36. The molecule has 1 aromatic heterocycles. The number of anilines is 2. The number of nitrogens with zero attached hydrogens (tertiary/aromatic N) is 1. The molecule has 0 fully saturated rings. The van der Waals surface area contributed by atoms with E-state index < -0.39 is 0 Å². The Kier molecular flexibility index (Phi) is 5.55. The number of hydrogen-bond donors (Lipinski definition) is 2. The zero-order valence-electron chi connectivity index (χ0n) is 9.20. The molecule has 0 saturated heterocycles. The first kappa shape index (κ1) is 11.8. The maximum absolute atomic E-state index is 5.48. The van der Waals surface area contributed by atoms with Gasteiger partial charge in [0.2, 0.25) is 0 Å². The zero-order valence-corrected chi connectivity index (χ0v) is 9.20. The van der Waals surface area contributed by atoms with Crippen molar-refractivity contribution in [3.05, 3.63) is 18.3 Å². The normalized spacial score (nSPS) is 10.2. The summed E-state index contributed by atoms with van der Waals surface area (Å²) >= 11 is 0. The highest BCUT2D eigenvalue weighted by Gasteiger charge is 1.92. The maximum Gasteiger partial charge on any atom is 0.123 e. The topological polar surface area (TPSA) is 60.2 Å². The minimum atomic E-state index is 0.548. The Morgan fingerprint density at radius 1 is 1.40 bits per heavy atom. The van der Waals surface area contributed by atoms with Gasteiger partial charge in [-0.25, -0.2) is 4.98 Å². The van der Waals surface area contributed by atoms with Crippen LogP contribution in [0, 0.1) is 0 Å². The largest absolute Gasteiger partial charge is 0.384 e. The number of hydrogen-bond acceptors (Lipinski definition) is 4. The summed E-state index contributed by atoms with van der Waals surface area (Å²) in [4.78, 5) is 3.99. The van der Waals surface area contributed by atoms with Gasteiger partial charge in [0.15, 0.2) is 0 Å². The molecule has 1 rings (SSSR count). The van der Waals surface area contributed by atoms with Crippen molar-refractivity contribution in [3.8, 4) is 0 Å². The monoisotopic (exact) mass is 209 g/mol. The van der Waals surface area contributed by atoms with Crippen molar-refractivity contribution in [2.24, 2.45) is 0 Å². The molecule has 0 spiro atoms. The molecule has 0 unspecified atom stereocenters. The third-order valence-corrected chi connectivity index (χ3v) is 1.93. The van der Waals surface area contributed by atoms with Crippen LogP contribution in [0.2, 0.25) is 0 Å². The highest BCUT2D eigenvalue weighted by Crippen LogP contribution is 2.06. The number of nitrogen functional groups attached to an aromatic ring is 1. The van der Waals surface area contributed by atoms with Crippen molar-refractivity contribution in [1.82, 2.24) is 4.98 Å². The van der Waals surface area contributed by atoms with Gasteiger partial charge in [-0.15, -0.1) is 0 Å². The molecule has 0 aliphatic carbocycles. The van der Waals surface area contributed by atoms with Gasteiger partial charge in [0, 0.05) is 19.8 Å². The van der Waals surface area contributed by atoms with Crippen molar-refractivity contribution >= 4 is 11.5 Å². The summed E-state index contributed by atoms with van der Waals surface area (Å²) in [6, 6.07) is 3.71. The first-order chi connectivity index (χ1) is 7.33. The van der Waals surface area contributed by atoms with Crippen molar-refractivity contribution < 1.29 is 4.74 Å². The summed E-state index contributed by atoms with van der Waals surface area (Å²) < 4.78 is 5.36. The molecule has 0 aromatic carbocycles. The standard InChI is InChI=1S/C11H19N3O/c1-2-7-15-8-3-6-13-10-4-5-11(12)14-9-10/h4-5,9,13H,2-3,6-8H2,1H3,(H2,12,14). The fourth-order valence-corrected chi connectivity index (χ4v) is 1.16. The zero-order chi connectivity index (χ0) is 10.9. The van der Waals surface area contributed by atoms with Crippen LogP contribution in [0.25, 0.3) is 0 Å². The van der Waals surface area contributed by atoms with E-state index in [-0.39, 0.29) is 0 Å². The lowest BCUT2D eigenvalue weighted by Crippen LogP contribution is -2.06. The van der Waals surface area contributed by atoms with Crippen LogP contribution in [0.4, 0.5) is 11.5 Å². The Hall–Kier alpha value is -1.29. The van der Waals surface area contributed by atoms with Crippen LogP contribution in [0.3, 0.4) is 0 Å². The average molecular weight is 209 g/mol. The van der Waals surface area contributed by atoms with Crippen molar-refractivity contribution in [3.63, 3.8) is 0 Å². The number of rotatable bonds is 7. The molecule has 0 radical (unpaired) electrons. The van der Waals surface area contributed by atoms with E-state index in [0.717, 1.165) is 38.3 Å². The average Bonchev–Trinajstić information content (AvgIpc) is 2.26. The van der Waals surface area contributed by atoms with E-state index in [1.165, 1.54) is 0 Å². The molecule has 4 nitrogen and oxygen atoms in total. The van der Waals surface area contributed by atoms with Gasteiger partial charge in [0.1, 0.15) is 5.82 Å². The second-order valence-corrected chi connectivity index (χ2v) is 3.36. The Morgan fingerprint density at radius 2 is 2.27 bits per heavy atom. The quantitative estimate of drug-likeness (QED) is 0.673. The Morgan fingerprint density at radius 3 is 2.93 bits per heavy atom.